The number of ether oxygens (including phenoxy) is 1. The molecule has 2 rings (SSSR count). The summed E-state index contributed by atoms with van der Waals surface area (Å²) in [6.07, 6.45) is -0.702. The van der Waals surface area contributed by atoms with Crippen LogP contribution in [-0.4, -0.2) is 36.6 Å². The Morgan fingerprint density at radius 1 is 1.23 bits per heavy atom. The molecule has 30 heavy (non-hydrogen) atoms. The Hall–Kier alpha value is -3.56. The van der Waals surface area contributed by atoms with Gasteiger partial charge in [-0.3, -0.25) is 4.79 Å². The van der Waals surface area contributed by atoms with Crippen LogP contribution in [0.25, 0.3) is 11.0 Å². The van der Waals surface area contributed by atoms with Crippen molar-refractivity contribution >= 4 is 28.9 Å². The zero-order valence-electron chi connectivity index (χ0n) is 16.9. The quantitative estimate of drug-likeness (QED) is 0.377. The average molecular weight is 418 g/mol. The number of hydrogen-bond acceptors (Lipinski definition) is 7. The minimum absolute atomic E-state index is 0.0425. The first-order valence-corrected chi connectivity index (χ1v) is 9.35. The lowest BCUT2D eigenvalue weighted by Crippen LogP contribution is -2.51. The minimum atomic E-state index is -1.45. The van der Waals surface area contributed by atoms with Crippen molar-refractivity contribution in [2.75, 3.05) is 6.54 Å². The molecule has 0 spiro atoms. The molecule has 10 heteroatoms. The number of benzene rings is 1. The van der Waals surface area contributed by atoms with E-state index < -0.39 is 35.7 Å². The van der Waals surface area contributed by atoms with Gasteiger partial charge in [-0.15, -0.1) is 0 Å². The fourth-order valence-electron chi connectivity index (χ4n) is 2.82. The summed E-state index contributed by atoms with van der Waals surface area (Å²) >= 11 is 0. The van der Waals surface area contributed by atoms with Crippen molar-refractivity contribution in [1.29, 1.82) is 0 Å². The molecular formula is C20H24N3O7-. The molecule has 2 aromatic rings. The first-order chi connectivity index (χ1) is 14.1. The number of primary amides is 1. The van der Waals surface area contributed by atoms with Crippen LogP contribution in [0.5, 0.6) is 5.75 Å². The van der Waals surface area contributed by atoms with E-state index in [-0.39, 0.29) is 25.1 Å². The molecule has 0 aliphatic rings. The highest BCUT2D eigenvalue weighted by Gasteiger charge is 2.20. The van der Waals surface area contributed by atoms with Crippen LogP contribution < -0.4 is 31.8 Å². The van der Waals surface area contributed by atoms with Crippen molar-refractivity contribution < 1.29 is 28.6 Å². The number of nitrogens with one attached hydrogen (secondary N) is 2. The Labute approximate surface area is 172 Å². The molecule has 10 nitrogen and oxygen atoms in total. The average Bonchev–Trinajstić information content (AvgIpc) is 2.67. The molecule has 0 unspecified atom stereocenters. The molecule has 0 saturated carbocycles. The molecule has 0 fully saturated rings. The van der Waals surface area contributed by atoms with Gasteiger partial charge in [0.25, 0.3) is 5.91 Å². The van der Waals surface area contributed by atoms with Gasteiger partial charge >= 0.3 is 11.7 Å². The number of amides is 3. The SMILES string of the molecule is Cc1c(C)c2ccc(O[C@@H](C)C(=O)N[C@@H](CCCNC(N)=O)C(=O)[O-])cc2oc1=O. The lowest BCUT2D eigenvalue weighted by Gasteiger charge is -2.22. The van der Waals surface area contributed by atoms with Crippen LogP contribution in [0.3, 0.4) is 0 Å². The van der Waals surface area contributed by atoms with E-state index in [1.54, 1.807) is 19.1 Å². The summed E-state index contributed by atoms with van der Waals surface area (Å²) in [7, 11) is 0. The van der Waals surface area contributed by atoms with Gasteiger partial charge in [-0.2, -0.15) is 0 Å². The van der Waals surface area contributed by atoms with E-state index >= 15 is 0 Å². The van der Waals surface area contributed by atoms with Crippen LogP contribution in [0.15, 0.2) is 27.4 Å². The normalized spacial score (nSPS) is 12.8. The number of urea groups is 1. The van der Waals surface area contributed by atoms with Crippen LogP contribution >= 0.6 is 0 Å². The standard InChI is InChI=1S/C20H25N3O7/c1-10-11(2)19(27)30-16-9-13(6-7-14(10)16)29-12(3)17(24)23-15(18(25)26)5-4-8-22-20(21)28/h6-7,9,12,15H,4-5,8H2,1-3H3,(H,23,24)(H,25,26)(H3,21,22,28)/p-1/t12-,15-/m0/s1. The van der Waals surface area contributed by atoms with Crippen LogP contribution in [0.2, 0.25) is 0 Å². The maximum atomic E-state index is 12.3. The lowest BCUT2D eigenvalue weighted by atomic mass is 10.1. The number of carbonyl (C=O) groups excluding carboxylic acids is 3. The van der Waals surface area contributed by atoms with Crippen molar-refractivity contribution in [3.8, 4) is 5.75 Å². The van der Waals surface area contributed by atoms with Crippen molar-refractivity contribution in [3.05, 3.63) is 39.7 Å². The number of carbonyl (C=O) groups is 3. The van der Waals surface area contributed by atoms with E-state index in [0.717, 1.165) is 10.9 Å². The summed E-state index contributed by atoms with van der Waals surface area (Å²) in [5.41, 5.74) is 6.11. The highest BCUT2D eigenvalue weighted by molar-refractivity contribution is 5.86. The highest BCUT2D eigenvalue weighted by atomic mass is 16.5. The first kappa shape index (κ1) is 22.7. The highest BCUT2D eigenvalue weighted by Crippen LogP contribution is 2.24. The first-order valence-electron chi connectivity index (χ1n) is 9.35. The smallest absolute Gasteiger partial charge is 0.339 e. The van der Waals surface area contributed by atoms with Crippen molar-refractivity contribution in [2.45, 2.75) is 45.8 Å². The molecule has 3 amide bonds. The molecule has 0 radical (unpaired) electrons. The summed E-state index contributed by atoms with van der Waals surface area (Å²) in [6.45, 7) is 5.11. The van der Waals surface area contributed by atoms with Gasteiger partial charge in [-0.25, -0.2) is 9.59 Å². The molecule has 0 aliphatic heterocycles. The number of fused-ring (bicyclic) bond motifs is 1. The molecule has 0 bridgehead atoms. The molecule has 2 atom stereocenters. The van der Waals surface area contributed by atoms with Crippen molar-refractivity contribution in [3.63, 3.8) is 0 Å². The third-order valence-electron chi connectivity index (χ3n) is 4.68. The number of carboxylic acids is 1. The van der Waals surface area contributed by atoms with E-state index in [2.05, 4.69) is 10.6 Å². The summed E-state index contributed by atoms with van der Waals surface area (Å²) in [5, 5.41) is 16.7. The van der Waals surface area contributed by atoms with Gasteiger partial charge in [-0.05, 0) is 51.3 Å². The number of aliphatic carboxylic acids is 1. The van der Waals surface area contributed by atoms with Crippen LogP contribution in [0.4, 0.5) is 4.79 Å². The van der Waals surface area contributed by atoms with E-state index in [0.29, 0.717) is 11.1 Å². The van der Waals surface area contributed by atoms with Crippen LogP contribution in [0, 0.1) is 13.8 Å². The topological polar surface area (TPSA) is 164 Å². The van der Waals surface area contributed by atoms with Crippen LogP contribution in [0.1, 0.15) is 30.9 Å². The predicted octanol–water partition coefficient (Wildman–Crippen LogP) is -0.140. The molecule has 0 aliphatic carbocycles. The van der Waals surface area contributed by atoms with E-state index in [1.165, 1.54) is 13.0 Å². The molecular weight excluding hydrogens is 394 g/mol. The van der Waals surface area contributed by atoms with Crippen molar-refractivity contribution in [2.24, 2.45) is 5.73 Å². The third kappa shape index (κ3) is 5.72. The van der Waals surface area contributed by atoms with E-state index in [4.69, 9.17) is 14.9 Å². The van der Waals surface area contributed by atoms with Gasteiger partial charge in [0.2, 0.25) is 0 Å². The summed E-state index contributed by atoms with van der Waals surface area (Å²) < 4.78 is 10.8. The summed E-state index contributed by atoms with van der Waals surface area (Å²) in [4.78, 5) is 46.1. The Morgan fingerprint density at radius 3 is 2.57 bits per heavy atom. The molecule has 1 aromatic heterocycles. The second-order valence-corrected chi connectivity index (χ2v) is 6.87. The minimum Gasteiger partial charge on any atom is -0.548 e. The largest absolute Gasteiger partial charge is 0.548 e. The molecule has 162 valence electrons. The number of nitrogens with two attached hydrogens (primary N) is 1. The predicted molar refractivity (Wildman–Crippen MR) is 106 cm³/mol. The fraction of sp³-hybridized carbons (Fsp3) is 0.400. The van der Waals surface area contributed by atoms with Gasteiger partial charge in [0.15, 0.2) is 6.10 Å². The number of carboxylic acid groups (broad SMARTS) is 1. The monoisotopic (exact) mass is 418 g/mol. The molecule has 0 saturated heterocycles. The number of rotatable bonds is 9. The van der Waals surface area contributed by atoms with Gasteiger partial charge in [0, 0.05) is 23.6 Å². The zero-order valence-corrected chi connectivity index (χ0v) is 16.9. The van der Waals surface area contributed by atoms with Gasteiger partial charge < -0.3 is 35.4 Å². The molecule has 4 N–H and O–H groups in total. The second kappa shape index (κ2) is 9.77. The zero-order chi connectivity index (χ0) is 22.4. The maximum absolute atomic E-state index is 12.3. The Bertz CT molecular complexity index is 1020. The number of hydrogen-bond donors (Lipinski definition) is 3. The summed E-state index contributed by atoms with van der Waals surface area (Å²) in [5.74, 6) is -1.83. The summed E-state index contributed by atoms with van der Waals surface area (Å²) in [6, 6.07) is 2.88. The van der Waals surface area contributed by atoms with Gasteiger partial charge in [-0.1, -0.05) is 0 Å². The molecule has 1 heterocycles. The lowest BCUT2D eigenvalue weighted by molar-refractivity contribution is -0.308. The third-order valence-corrected chi connectivity index (χ3v) is 4.68. The van der Waals surface area contributed by atoms with Gasteiger partial charge in [0.1, 0.15) is 11.3 Å². The molecule has 1 aromatic carbocycles. The van der Waals surface area contributed by atoms with E-state index in [1.807, 2.05) is 6.92 Å². The van der Waals surface area contributed by atoms with E-state index in [9.17, 15) is 24.3 Å². The maximum Gasteiger partial charge on any atom is 0.339 e. The Morgan fingerprint density at radius 2 is 1.93 bits per heavy atom. The Balaban J connectivity index is 2.03. The second-order valence-electron chi connectivity index (χ2n) is 6.87. The number of aryl methyl sites for hydroxylation is 1. The Kier molecular flexibility index (Phi) is 7.40. The van der Waals surface area contributed by atoms with Crippen molar-refractivity contribution in [1.82, 2.24) is 10.6 Å². The fourth-order valence-corrected chi connectivity index (χ4v) is 2.82. The van der Waals surface area contributed by atoms with Crippen LogP contribution in [-0.2, 0) is 9.59 Å². The van der Waals surface area contributed by atoms with Gasteiger partial charge in [0.05, 0.1) is 12.0 Å².